The molecular weight excluding hydrogens is 474 g/mol. The molecule has 1 N–H and O–H groups in total. The SMILES string of the molecule is COc1ccc(Cl)cc1-n1c(C)cc(/C=C2/C(=N)N3C(=NC2=O)SN=C3S(C)(=O)=O)c1C. The normalized spacial score (nSPS) is 17.5. The van der Waals surface area contributed by atoms with Gasteiger partial charge in [-0.2, -0.15) is 9.39 Å². The molecule has 0 radical (unpaired) electrons. The first-order valence-electron chi connectivity index (χ1n) is 9.24. The molecule has 2 aromatic rings. The number of halogens is 1. The van der Waals surface area contributed by atoms with Crippen LogP contribution in [0.5, 0.6) is 5.75 Å². The first-order valence-corrected chi connectivity index (χ1v) is 12.3. The molecule has 0 saturated heterocycles. The number of methoxy groups -OCH3 is 1. The Labute approximate surface area is 194 Å². The Morgan fingerprint density at radius 1 is 1.25 bits per heavy atom. The lowest BCUT2D eigenvalue weighted by Gasteiger charge is -2.23. The highest BCUT2D eigenvalue weighted by atomic mass is 35.5. The number of fused-ring (bicyclic) bond motifs is 1. The van der Waals surface area contributed by atoms with Gasteiger partial charge in [-0.05, 0) is 49.8 Å². The van der Waals surface area contributed by atoms with Crippen molar-refractivity contribution in [2.45, 2.75) is 13.8 Å². The van der Waals surface area contributed by atoms with E-state index in [2.05, 4.69) is 9.39 Å². The van der Waals surface area contributed by atoms with Gasteiger partial charge in [-0.15, -0.1) is 0 Å². The second-order valence-electron chi connectivity index (χ2n) is 7.16. The molecule has 0 saturated carbocycles. The van der Waals surface area contributed by atoms with E-state index in [1.54, 1.807) is 25.3 Å². The molecule has 0 spiro atoms. The summed E-state index contributed by atoms with van der Waals surface area (Å²) in [4.78, 5) is 17.6. The molecule has 1 amide bonds. The van der Waals surface area contributed by atoms with Crippen LogP contribution in [-0.2, 0) is 14.6 Å². The average molecular weight is 492 g/mol. The number of aromatic nitrogens is 1. The van der Waals surface area contributed by atoms with Crippen molar-refractivity contribution in [1.29, 1.82) is 5.41 Å². The minimum Gasteiger partial charge on any atom is -0.495 e. The van der Waals surface area contributed by atoms with Crippen LogP contribution >= 0.6 is 23.5 Å². The number of carbonyl (C=O) groups is 1. The second-order valence-corrected chi connectivity index (χ2v) is 10.2. The number of rotatable bonds is 3. The smallest absolute Gasteiger partial charge is 0.283 e. The van der Waals surface area contributed by atoms with Crippen molar-refractivity contribution < 1.29 is 17.9 Å². The fraction of sp³-hybridized carbons (Fsp3) is 0.200. The number of amides is 1. The number of benzene rings is 1. The summed E-state index contributed by atoms with van der Waals surface area (Å²) in [7, 11) is -2.15. The maximum Gasteiger partial charge on any atom is 0.283 e. The molecule has 0 aliphatic carbocycles. The van der Waals surface area contributed by atoms with Crippen LogP contribution in [0.3, 0.4) is 0 Å². The Balaban J connectivity index is 1.82. The summed E-state index contributed by atoms with van der Waals surface area (Å²) in [6.07, 6.45) is 2.53. The van der Waals surface area contributed by atoms with Gasteiger partial charge >= 0.3 is 0 Å². The summed E-state index contributed by atoms with van der Waals surface area (Å²) < 4.78 is 35.4. The lowest BCUT2D eigenvalue weighted by molar-refractivity contribution is -0.114. The van der Waals surface area contributed by atoms with Crippen molar-refractivity contribution >= 4 is 61.5 Å². The van der Waals surface area contributed by atoms with Gasteiger partial charge in [0.05, 0.1) is 30.3 Å². The average Bonchev–Trinajstić information content (AvgIpc) is 3.26. The number of nitrogens with zero attached hydrogens (tertiary/aromatic N) is 4. The molecule has 12 heteroatoms. The molecule has 0 fully saturated rings. The van der Waals surface area contributed by atoms with Gasteiger partial charge in [-0.1, -0.05) is 11.6 Å². The summed E-state index contributed by atoms with van der Waals surface area (Å²) in [6, 6.07) is 7.13. The first-order chi connectivity index (χ1) is 15.0. The third-order valence-corrected chi connectivity index (χ3v) is 6.97. The van der Waals surface area contributed by atoms with Gasteiger partial charge in [0.15, 0.2) is 0 Å². The predicted octanol–water partition coefficient (Wildman–Crippen LogP) is 3.38. The molecule has 32 heavy (non-hydrogen) atoms. The zero-order valence-corrected chi connectivity index (χ0v) is 19.9. The summed E-state index contributed by atoms with van der Waals surface area (Å²) in [5.74, 6) is -0.308. The zero-order chi connectivity index (χ0) is 23.4. The lowest BCUT2D eigenvalue weighted by Crippen LogP contribution is -2.45. The molecule has 1 aromatic carbocycles. The Kier molecular flexibility index (Phi) is 5.51. The molecule has 2 aliphatic heterocycles. The minimum absolute atomic E-state index is 0.0362. The molecule has 0 bridgehead atoms. The standard InChI is InChI=1S/C20H18ClN5O4S2/c1-10-7-12(11(2)25(10)15-9-13(21)5-6-16(15)30-3)8-14-17(22)26-19(23-18(14)27)31-24-20(26)32(4,28)29/h5-9,22H,1-4H3/b14-8-,22-17?. The van der Waals surface area contributed by atoms with Crippen LogP contribution in [0.15, 0.2) is 39.2 Å². The number of aliphatic imine (C=N–C) groups is 1. The number of nitrogens with one attached hydrogen (secondary N) is 1. The Bertz CT molecular complexity index is 1390. The van der Waals surface area contributed by atoms with Gasteiger partial charge in [-0.25, -0.2) is 13.3 Å². The van der Waals surface area contributed by atoms with E-state index < -0.39 is 15.7 Å². The fourth-order valence-electron chi connectivity index (χ4n) is 3.54. The summed E-state index contributed by atoms with van der Waals surface area (Å²) in [5, 5.41) is 8.77. The van der Waals surface area contributed by atoms with Crippen LogP contribution in [0.25, 0.3) is 11.8 Å². The number of ether oxygens (including phenoxy) is 1. The molecule has 4 rings (SSSR count). The van der Waals surface area contributed by atoms with Crippen molar-refractivity contribution in [3.05, 3.63) is 51.8 Å². The molecule has 166 valence electrons. The molecule has 2 aliphatic rings. The largest absolute Gasteiger partial charge is 0.495 e. The maximum atomic E-state index is 12.6. The lowest BCUT2D eigenvalue weighted by atomic mass is 10.1. The number of hydrogen-bond acceptors (Lipinski definition) is 7. The third-order valence-electron chi connectivity index (χ3n) is 4.98. The minimum atomic E-state index is -3.71. The zero-order valence-electron chi connectivity index (χ0n) is 17.5. The van der Waals surface area contributed by atoms with Crippen LogP contribution in [0.4, 0.5) is 0 Å². The number of hydrogen-bond donors (Lipinski definition) is 1. The van der Waals surface area contributed by atoms with Gasteiger partial charge < -0.3 is 9.30 Å². The Hall–Kier alpha value is -2.89. The van der Waals surface area contributed by atoms with Crippen molar-refractivity contribution in [2.24, 2.45) is 9.39 Å². The molecule has 0 atom stereocenters. The van der Waals surface area contributed by atoms with E-state index in [-0.39, 0.29) is 21.7 Å². The van der Waals surface area contributed by atoms with E-state index in [4.69, 9.17) is 21.7 Å². The second kappa shape index (κ2) is 7.91. The van der Waals surface area contributed by atoms with Crippen molar-refractivity contribution in [3.8, 4) is 11.4 Å². The van der Waals surface area contributed by atoms with Crippen LogP contribution in [0, 0.1) is 19.3 Å². The fourth-order valence-corrected chi connectivity index (χ4v) is 5.55. The van der Waals surface area contributed by atoms with Crippen molar-refractivity contribution in [3.63, 3.8) is 0 Å². The van der Waals surface area contributed by atoms with Crippen LogP contribution in [-0.4, -0.2) is 53.3 Å². The summed E-state index contributed by atoms with van der Waals surface area (Å²) in [5.41, 5.74) is 2.99. The maximum absolute atomic E-state index is 12.6. The van der Waals surface area contributed by atoms with Gasteiger partial charge in [0.2, 0.25) is 20.2 Å². The molecular formula is C20H18ClN5O4S2. The highest BCUT2D eigenvalue weighted by Gasteiger charge is 2.41. The van der Waals surface area contributed by atoms with E-state index in [9.17, 15) is 13.2 Å². The molecule has 9 nitrogen and oxygen atoms in total. The number of carbonyl (C=O) groups excluding carboxylic acids is 1. The van der Waals surface area contributed by atoms with Gasteiger partial charge in [0.1, 0.15) is 11.6 Å². The predicted molar refractivity (Wildman–Crippen MR) is 127 cm³/mol. The van der Waals surface area contributed by atoms with E-state index in [1.807, 2.05) is 24.5 Å². The van der Waals surface area contributed by atoms with Crippen LogP contribution < -0.4 is 4.74 Å². The Morgan fingerprint density at radius 2 is 1.97 bits per heavy atom. The van der Waals surface area contributed by atoms with E-state index in [0.717, 1.165) is 40.2 Å². The number of amidine groups is 3. The van der Waals surface area contributed by atoms with Crippen LogP contribution in [0.1, 0.15) is 17.0 Å². The molecule has 3 heterocycles. The highest BCUT2D eigenvalue weighted by Crippen LogP contribution is 2.33. The topological polar surface area (TPSA) is 117 Å². The number of aryl methyl sites for hydroxylation is 1. The van der Waals surface area contributed by atoms with Crippen molar-refractivity contribution in [2.75, 3.05) is 13.4 Å². The van der Waals surface area contributed by atoms with Crippen molar-refractivity contribution in [1.82, 2.24) is 9.47 Å². The van der Waals surface area contributed by atoms with Gasteiger partial charge in [-0.3, -0.25) is 10.2 Å². The van der Waals surface area contributed by atoms with E-state index in [1.165, 1.54) is 6.08 Å². The number of sulfone groups is 1. The van der Waals surface area contributed by atoms with E-state index in [0.29, 0.717) is 16.3 Å². The van der Waals surface area contributed by atoms with E-state index >= 15 is 0 Å². The van der Waals surface area contributed by atoms with Crippen LogP contribution in [0.2, 0.25) is 5.02 Å². The summed E-state index contributed by atoms with van der Waals surface area (Å²) >= 11 is 6.95. The molecule has 0 unspecified atom stereocenters. The molecule has 1 aromatic heterocycles. The Morgan fingerprint density at radius 3 is 2.62 bits per heavy atom. The first kappa shape index (κ1) is 22.3. The highest BCUT2D eigenvalue weighted by molar-refractivity contribution is 8.16. The van der Waals surface area contributed by atoms with Gasteiger partial charge in [0, 0.05) is 22.7 Å². The monoisotopic (exact) mass is 491 g/mol. The third kappa shape index (κ3) is 3.65. The van der Waals surface area contributed by atoms with Gasteiger partial charge in [0.25, 0.3) is 5.91 Å². The summed E-state index contributed by atoms with van der Waals surface area (Å²) in [6.45, 7) is 3.76. The quantitative estimate of drug-likeness (QED) is 0.519.